The molecule has 0 aliphatic heterocycles. The van der Waals surface area contributed by atoms with E-state index in [0.717, 1.165) is 12.8 Å². The summed E-state index contributed by atoms with van der Waals surface area (Å²) in [6.07, 6.45) is 3.04. The van der Waals surface area contributed by atoms with Crippen LogP contribution in [0.2, 0.25) is 0 Å². The van der Waals surface area contributed by atoms with Crippen molar-refractivity contribution < 1.29 is 4.74 Å². The van der Waals surface area contributed by atoms with Gasteiger partial charge < -0.3 is 4.74 Å². The van der Waals surface area contributed by atoms with Crippen molar-refractivity contribution in [3.8, 4) is 6.07 Å². The average Bonchev–Trinajstić information content (AvgIpc) is 2.03. The molecule has 0 aromatic heterocycles. The third-order valence-corrected chi connectivity index (χ3v) is 2.79. The van der Waals surface area contributed by atoms with Gasteiger partial charge in [-0.2, -0.15) is 5.26 Å². The van der Waals surface area contributed by atoms with Crippen molar-refractivity contribution in [3.05, 3.63) is 0 Å². The first kappa shape index (κ1) is 10.5. The van der Waals surface area contributed by atoms with Crippen LogP contribution >= 0.6 is 0 Å². The van der Waals surface area contributed by atoms with E-state index in [1.807, 2.05) is 6.92 Å². The number of rotatable bonds is 2. The number of hydrogen-bond acceptors (Lipinski definition) is 2. The first-order chi connectivity index (χ1) is 6.12. The van der Waals surface area contributed by atoms with Crippen LogP contribution in [-0.4, -0.2) is 12.2 Å². The van der Waals surface area contributed by atoms with Gasteiger partial charge in [-0.05, 0) is 38.0 Å². The Labute approximate surface area is 80.9 Å². The van der Waals surface area contributed by atoms with Gasteiger partial charge in [0.25, 0.3) is 0 Å². The molecule has 1 aliphatic rings. The Balaban J connectivity index is 2.69. The van der Waals surface area contributed by atoms with Crippen LogP contribution in [0.15, 0.2) is 0 Å². The van der Waals surface area contributed by atoms with E-state index in [1.54, 1.807) is 0 Å². The molecule has 1 rings (SSSR count). The fraction of sp³-hybridized carbons (Fsp3) is 0.909. The maximum atomic E-state index is 9.13. The second kappa shape index (κ2) is 4.11. The summed E-state index contributed by atoms with van der Waals surface area (Å²) in [4.78, 5) is 0. The summed E-state index contributed by atoms with van der Waals surface area (Å²) in [6, 6.07) is 2.36. The van der Waals surface area contributed by atoms with Crippen LogP contribution in [0.3, 0.4) is 0 Å². The van der Waals surface area contributed by atoms with Gasteiger partial charge in [0.2, 0.25) is 0 Å². The zero-order valence-electron chi connectivity index (χ0n) is 8.84. The molecule has 0 bridgehead atoms. The first-order valence-electron chi connectivity index (χ1n) is 5.17. The Bertz CT molecular complexity index is 197. The van der Waals surface area contributed by atoms with Crippen LogP contribution in [0.25, 0.3) is 0 Å². The highest BCUT2D eigenvalue weighted by Gasteiger charge is 2.38. The van der Waals surface area contributed by atoms with Crippen molar-refractivity contribution >= 4 is 0 Å². The van der Waals surface area contributed by atoms with E-state index < -0.39 is 5.60 Å². The number of hydrogen-bond donors (Lipinski definition) is 0. The molecule has 13 heavy (non-hydrogen) atoms. The quantitative estimate of drug-likeness (QED) is 0.656. The van der Waals surface area contributed by atoms with Crippen molar-refractivity contribution in [3.63, 3.8) is 0 Å². The lowest BCUT2D eigenvalue weighted by molar-refractivity contribution is -0.0470. The third-order valence-electron chi connectivity index (χ3n) is 2.79. The summed E-state index contributed by atoms with van der Waals surface area (Å²) in [5.74, 6) is 1.24. The molecule has 1 saturated carbocycles. The SMILES string of the molecule is CCOC1(C#N)CC(C)CC(C)C1. The van der Waals surface area contributed by atoms with E-state index >= 15 is 0 Å². The molecule has 2 heteroatoms. The van der Waals surface area contributed by atoms with Crippen molar-refractivity contribution in [1.82, 2.24) is 0 Å². The lowest BCUT2D eigenvalue weighted by Crippen LogP contribution is -2.39. The molecule has 0 radical (unpaired) electrons. The maximum absolute atomic E-state index is 9.13. The highest BCUT2D eigenvalue weighted by Crippen LogP contribution is 2.37. The summed E-state index contributed by atoms with van der Waals surface area (Å²) < 4.78 is 5.60. The second-order valence-electron chi connectivity index (χ2n) is 4.39. The van der Waals surface area contributed by atoms with E-state index in [1.165, 1.54) is 6.42 Å². The third kappa shape index (κ3) is 2.45. The Morgan fingerprint density at radius 1 is 1.38 bits per heavy atom. The van der Waals surface area contributed by atoms with Gasteiger partial charge >= 0.3 is 0 Å². The molecule has 0 amide bonds. The Morgan fingerprint density at radius 3 is 2.31 bits per heavy atom. The van der Waals surface area contributed by atoms with Crippen molar-refractivity contribution in [2.45, 2.75) is 45.6 Å². The Kier molecular flexibility index (Phi) is 3.33. The molecule has 0 saturated heterocycles. The predicted molar refractivity (Wildman–Crippen MR) is 52.1 cm³/mol. The van der Waals surface area contributed by atoms with E-state index in [-0.39, 0.29) is 0 Å². The van der Waals surface area contributed by atoms with Gasteiger partial charge in [-0.3, -0.25) is 0 Å². The van der Waals surface area contributed by atoms with Gasteiger partial charge in [-0.25, -0.2) is 0 Å². The van der Waals surface area contributed by atoms with Crippen LogP contribution in [0.5, 0.6) is 0 Å². The number of nitrogens with zero attached hydrogens (tertiary/aromatic N) is 1. The van der Waals surface area contributed by atoms with Crippen molar-refractivity contribution in [2.75, 3.05) is 6.61 Å². The van der Waals surface area contributed by atoms with Gasteiger partial charge in [0.1, 0.15) is 0 Å². The standard InChI is InChI=1S/C11H19NO/c1-4-13-11(8-12)6-9(2)5-10(3)7-11/h9-10H,4-7H2,1-3H3. The lowest BCUT2D eigenvalue weighted by atomic mass is 9.74. The molecule has 1 aliphatic carbocycles. The van der Waals surface area contributed by atoms with Crippen molar-refractivity contribution in [1.29, 1.82) is 5.26 Å². The van der Waals surface area contributed by atoms with E-state index in [9.17, 15) is 0 Å². The van der Waals surface area contributed by atoms with E-state index in [2.05, 4.69) is 19.9 Å². The van der Waals surface area contributed by atoms with Gasteiger partial charge in [0.15, 0.2) is 5.60 Å². The zero-order chi connectivity index (χ0) is 9.90. The van der Waals surface area contributed by atoms with Gasteiger partial charge in [-0.1, -0.05) is 13.8 Å². The molecule has 0 N–H and O–H groups in total. The summed E-state index contributed by atoms with van der Waals surface area (Å²) >= 11 is 0. The van der Waals surface area contributed by atoms with Gasteiger partial charge in [0, 0.05) is 6.61 Å². The fourth-order valence-corrected chi connectivity index (χ4v) is 2.58. The Morgan fingerprint density at radius 2 is 1.92 bits per heavy atom. The molecule has 0 heterocycles. The molecule has 74 valence electrons. The summed E-state index contributed by atoms with van der Waals surface area (Å²) in [5.41, 5.74) is -0.480. The topological polar surface area (TPSA) is 33.0 Å². The fourth-order valence-electron chi connectivity index (χ4n) is 2.58. The van der Waals surface area contributed by atoms with Crippen LogP contribution in [-0.2, 0) is 4.74 Å². The normalized spacial score (nSPS) is 39.8. The summed E-state index contributed by atoms with van der Waals surface area (Å²) in [6.45, 7) is 7.03. The summed E-state index contributed by atoms with van der Waals surface area (Å²) in [5, 5.41) is 9.13. The molecule has 2 atom stereocenters. The van der Waals surface area contributed by atoms with Crippen molar-refractivity contribution in [2.24, 2.45) is 11.8 Å². The molecular weight excluding hydrogens is 162 g/mol. The number of ether oxygens (including phenoxy) is 1. The molecule has 0 spiro atoms. The molecule has 0 aromatic carbocycles. The molecule has 2 unspecified atom stereocenters. The van der Waals surface area contributed by atoms with E-state index in [0.29, 0.717) is 18.4 Å². The lowest BCUT2D eigenvalue weighted by Gasteiger charge is -2.37. The minimum atomic E-state index is -0.480. The highest BCUT2D eigenvalue weighted by molar-refractivity contribution is 5.05. The van der Waals surface area contributed by atoms with Crippen LogP contribution in [0.4, 0.5) is 0 Å². The van der Waals surface area contributed by atoms with Gasteiger partial charge in [0.05, 0.1) is 6.07 Å². The molecule has 2 nitrogen and oxygen atoms in total. The predicted octanol–water partition coefficient (Wildman–Crippen LogP) is 2.74. The molecule has 0 aromatic rings. The second-order valence-corrected chi connectivity index (χ2v) is 4.39. The zero-order valence-corrected chi connectivity index (χ0v) is 8.84. The van der Waals surface area contributed by atoms with E-state index in [4.69, 9.17) is 10.00 Å². The van der Waals surface area contributed by atoms with Crippen LogP contribution in [0.1, 0.15) is 40.0 Å². The minimum Gasteiger partial charge on any atom is -0.360 e. The smallest absolute Gasteiger partial charge is 0.154 e. The highest BCUT2D eigenvalue weighted by atomic mass is 16.5. The maximum Gasteiger partial charge on any atom is 0.154 e. The molecule has 1 fully saturated rings. The Hall–Kier alpha value is -0.550. The van der Waals surface area contributed by atoms with Crippen LogP contribution < -0.4 is 0 Å². The monoisotopic (exact) mass is 181 g/mol. The number of nitriles is 1. The first-order valence-corrected chi connectivity index (χ1v) is 5.17. The minimum absolute atomic E-state index is 0.480. The largest absolute Gasteiger partial charge is 0.360 e. The summed E-state index contributed by atoms with van der Waals surface area (Å²) in [7, 11) is 0. The average molecular weight is 181 g/mol. The van der Waals surface area contributed by atoms with Gasteiger partial charge in [-0.15, -0.1) is 0 Å². The molecular formula is C11H19NO. The van der Waals surface area contributed by atoms with Crippen LogP contribution in [0, 0.1) is 23.2 Å².